The summed E-state index contributed by atoms with van der Waals surface area (Å²) in [5, 5.41) is 14.5. The third kappa shape index (κ3) is 2.62. The van der Waals surface area contributed by atoms with E-state index in [1.165, 1.54) is 12.0 Å². The van der Waals surface area contributed by atoms with E-state index in [1.807, 2.05) is 12.1 Å². The van der Waals surface area contributed by atoms with E-state index < -0.39 is 5.60 Å². The molecule has 3 atom stereocenters. The fourth-order valence-electron chi connectivity index (χ4n) is 4.02. The van der Waals surface area contributed by atoms with Gasteiger partial charge in [-0.1, -0.05) is 18.9 Å². The summed E-state index contributed by atoms with van der Waals surface area (Å²) in [4.78, 5) is 0. The molecule has 2 aliphatic rings. The quantitative estimate of drug-likeness (QED) is 0.899. The molecule has 0 radical (unpaired) electrons. The van der Waals surface area contributed by atoms with E-state index in [2.05, 4.69) is 11.4 Å². The van der Waals surface area contributed by atoms with Crippen LogP contribution in [0.25, 0.3) is 0 Å². The summed E-state index contributed by atoms with van der Waals surface area (Å²) in [6.45, 7) is 0.867. The first-order valence-corrected chi connectivity index (χ1v) is 7.85. The molecule has 1 saturated carbocycles. The van der Waals surface area contributed by atoms with Crippen LogP contribution in [0.5, 0.6) is 11.5 Å². The lowest BCUT2D eigenvalue weighted by molar-refractivity contribution is -0.0861. The molecule has 116 valence electrons. The van der Waals surface area contributed by atoms with Crippen molar-refractivity contribution in [2.24, 2.45) is 5.92 Å². The van der Waals surface area contributed by atoms with Gasteiger partial charge in [0.15, 0.2) is 11.5 Å². The van der Waals surface area contributed by atoms with E-state index in [0.717, 1.165) is 43.7 Å². The molecular formula is C17H25NO3. The van der Waals surface area contributed by atoms with Crippen LogP contribution in [0.15, 0.2) is 18.2 Å². The second kappa shape index (κ2) is 5.85. The fourth-order valence-corrected chi connectivity index (χ4v) is 4.02. The molecule has 1 saturated heterocycles. The van der Waals surface area contributed by atoms with Crippen molar-refractivity contribution in [2.45, 2.75) is 43.7 Å². The monoisotopic (exact) mass is 291 g/mol. The standard InChI is InChI=1S/C17H25NO3/c1-20-14-7-6-12(11-15(14)21-2)16-13-5-3-4-8-17(13,19)9-10-18-16/h6-7,11,13,16,18-19H,3-5,8-10H2,1-2H3. The molecule has 1 aliphatic heterocycles. The highest BCUT2D eigenvalue weighted by Crippen LogP contribution is 2.46. The predicted molar refractivity (Wildman–Crippen MR) is 81.8 cm³/mol. The van der Waals surface area contributed by atoms with E-state index in [4.69, 9.17) is 9.47 Å². The van der Waals surface area contributed by atoms with Gasteiger partial charge in [-0.15, -0.1) is 0 Å². The number of methoxy groups -OCH3 is 2. The second-order valence-corrected chi connectivity index (χ2v) is 6.25. The zero-order chi connectivity index (χ0) is 14.9. The minimum absolute atomic E-state index is 0.198. The summed E-state index contributed by atoms with van der Waals surface area (Å²) in [7, 11) is 3.31. The maximum atomic E-state index is 11.0. The molecule has 0 spiro atoms. The van der Waals surface area contributed by atoms with E-state index >= 15 is 0 Å². The first kappa shape index (κ1) is 14.7. The summed E-state index contributed by atoms with van der Waals surface area (Å²) in [6, 6.07) is 6.27. The van der Waals surface area contributed by atoms with Crippen LogP contribution < -0.4 is 14.8 Å². The zero-order valence-electron chi connectivity index (χ0n) is 12.9. The maximum Gasteiger partial charge on any atom is 0.161 e. The molecule has 1 aliphatic carbocycles. The first-order chi connectivity index (χ1) is 10.2. The van der Waals surface area contributed by atoms with Crippen molar-refractivity contribution < 1.29 is 14.6 Å². The van der Waals surface area contributed by atoms with Gasteiger partial charge in [-0.3, -0.25) is 0 Å². The van der Waals surface area contributed by atoms with Crippen molar-refractivity contribution in [1.82, 2.24) is 5.32 Å². The Kier molecular flexibility index (Phi) is 4.09. The topological polar surface area (TPSA) is 50.7 Å². The predicted octanol–water partition coefficient (Wildman–Crippen LogP) is 2.66. The molecule has 0 bridgehead atoms. The molecule has 1 heterocycles. The Labute approximate surface area is 126 Å². The van der Waals surface area contributed by atoms with Crippen LogP contribution >= 0.6 is 0 Å². The third-order valence-electron chi connectivity index (χ3n) is 5.16. The lowest BCUT2D eigenvalue weighted by Gasteiger charge is -2.48. The Morgan fingerprint density at radius 1 is 1.14 bits per heavy atom. The third-order valence-corrected chi connectivity index (χ3v) is 5.16. The molecule has 3 rings (SSSR count). The number of benzene rings is 1. The highest BCUT2D eigenvalue weighted by molar-refractivity contribution is 5.44. The van der Waals surface area contributed by atoms with Crippen LogP contribution in [-0.4, -0.2) is 31.5 Å². The summed E-state index contributed by atoms with van der Waals surface area (Å²) >= 11 is 0. The van der Waals surface area contributed by atoms with Crippen molar-refractivity contribution >= 4 is 0 Å². The average molecular weight is 291 g/mol. The summed E-state index contributed by atoms with van der Waals surface area (Å²) < 4.78 is 10.7. The Hall–Kier alpha value is -1.26. The van der Waals surface area contributed by atoms with Crippen LogP contribution in [0.4, 0.5) is 0 Å². The highest BCUT2D eigenvalue weighted by atomic mass is 16.5. The van der Waals surface area contributed by atoms with Crippen molar-refractivity contribution in [3.05, 3.63) is 23.8 Å². The zero-order valence-corrected chi connectivity index (χ0v) is 12.9. The largest absolute Gasteiger partial charge is 0.493 e. The second-order valence-electron chi connectivity index (χ2n) is 6.25. The van der Waals surface area contributed by atoms with Gasteiger partial charge < -0.3 is 19.9 Å². The molecule has 21 heavy (non-hydrogen) atoms. The minimum atomic E-state index is -0.499. The van der Waals surface area contributed by atoms with Gasteiger partial charge in [-0.25, -0.2) is 0 Å². The first-order valence-electron chi connectivity index (χ1n) is 7.85. The van der Waals surface area contributed by atoms with Gasteiger partial charge in [0.05, 0.1) is 19.8 Å². The molecule has 0 amide bonds. The average Bonchev–Trinajstić information content (AvgIpc) is 2.53. The Morgan fingerprint density at radius 2 is 1.95 bits per heavy atom. The summed E-state index contributed by atoms with van der Waals surface area (Å²) in [5.41, 5.74) is 0.680. The van der Waals surface area contributed by atoms with Gasteiger partial charge in [0.2, 0.25) is 0 Å². The number of hydrogen-bond acceptors (Lipinski definition) is 4. The van der Waals surface area contributed by atoms with Crippen LogP contribution in [0.2, 0.25) is 0 Å². The highest BCUT2D eigenvalue weighted by Gasteiger charge is 2.45. The van der Waals surface area contributed by atoms with Crippen LogP contribution in [-0.2, 0) is 0 Å². The molecule has 1 aromatic carbocycles. The number of aliphatic hydroxyl groups is 1. The van der Waals surface area contributed by atoms with Gasteiger partial charge in [-0.2, -0.15) is 0 Å². The van der Waals surface area contributed by atoms with Crippen molar-refractivity contribution in [3.8, 4) is 11.5 Å². The normalized spacial score (nSPS) is 32.3. The Bertz CT molecular complexity index is 501. The van der Waals surface area contributed by atoms with Crippen LogP contribution in [0.3, 0.4) is 0 Å². The van der Waals surface area contributed by atoms with Crippen LogP contribution in [0.1, 0.15) is 43.7 Å². The molecule has 4 nitrogen and oxygen atoms in total. The van der Waals surface area contributed by atoms with Gasteiger partial charge in [0.1, 0.15) is 0 Å². The molecular weight excluding hydrogens is 266 g/mol. The van der Waals surface area contributed by atoms with E-state index in [0.29, 0.717) is 0 Å². The maximum absolute atomic E-state index is 11.0. The van der Waals surface area contributed by atoms with Crippen LogP contribution in [0, 0.1) is 5.92 Å². The minimum Gasteiger partial charge on any atom is -0.493 e. The molecule has 3 unspecified atom stereocenters. The Balaban J connectivity index is 1.91. The number of fused-ring (bicyclic) bond motifs is 1. The Morgan fingerprint density at radius 3 is 2.71 bits per heavy atom. The van der Waals surface area contributed by atoms with E-state index in [1.54, 1.807) is 14.2 Å². The molecule has 2 N–H and O–H groups in total. The van der Waals surface area contributed by atoms with Crippen molar-refractivity contribution in [1.29, 1.82) is 0 Å². The fraction of sp³-hybridized carbons (Fsp3) is 0.647. The number of piperidine rings is 1. The number of ether oxygens (including phenoxy) is 2. The number of nitrogens with one attached hydrogen (secondary N) is 1. The SMILES string of the molecule is COc1ccc(C2NCCC3(O)CCCCC23)cc1OC. The van der Waals surface area contributed by atoms with E-state index in [9.17, 15) is 5.11 Å². The molecule has 0 aromatic heterocycles. The van der Waals surface area contributed by atoms with E-state index in [-0.39, 0.29) is 12.0 Å². The number of rotatable bonds is 3. The molecule has 4 heteroatoms. The van der Waals surface area contributed by atoms with Gasteiger partial charge in [0, 0.05) is 12.0 Å². The number of hydrogen-bond donors (Lipinski definition) is 2. The smallest absolute Gasteiger partial charge is 0.161 e. The molecule has 2 fully saturated rings. The van der Waals surface area contributed by atoms with Gasteiger partial charge in [-0.05, 0) is 43.5 Å². The molecule has 1 aromatic rings. The van der Waals surface area contributed by atoms with Gasteiger partial charge in [0.25, 0.3) is 0 Å². The lowest BCUT2D eigenvalue weighted by atomic mass is 9.67. The van der Waals surface area contributed by atoms with Gasteiger partial charge >= 0.3 is 0 Å². The van der Waals surface area contributed by atoms with Crippen molar-refractivity contribution in [2.75, 3.05) is 20.8 Å². The summed E-state index contributed by atoms with van der Waals surface area (Å²) in [5.74, 6) is 1.79. The van der Waals surface area contributed by atoms with Crippen molar-refractivity contribution in [3.63, 3.8) is 0 Å². The summed E-state index contributed by atoms with van der Waals surface area (Å²) in [6.07, 6.45) is 5.23. The lowest BCUT2D eigenvalue weighted by Crippen LogP contribution is -2.53.